The molecule has 21 heavy (non-hydrogen) atoms. The Labute approximate surface area is 127 Å². The van der Waals surface area contributed by atoms with Gasteiger partial charge in [0.1, 0.15) is 0 Å². The van der Waals surface area contributed by atoms with Crippen molar-refractivity contribution in [2.75, 3.05) is 13.7 Å². The fourth-order valence-corrected chi connectivity index (χ4v) is 3.19. The standard InChI is InChI=1S/C15H25N2O3Si/c1-19-15(18)14-12-7-5-6-8-13(12)17(16-14)11-20-9-10-21(2,3)4/h11H,5-10H2,1-4H3/q+1. The molecule has 1 heterocycles. The molecule has 0 N–H and O–H groups in total. The quantitative estimate of drug-likeness (QED) is 0.258. The van der Waals surface area contributed by atoms with E-state index in [-0.39, 0.29) is 5.97 Å². The summed E-state index contributed by atoms with van der Waals surface area (Å²) in [6.07, 6.45) is 5.70. The van der Waals surface area contributed by atoms with Crippen molar-refractivity contribution in [2.45, 2.75) is 51.4 Å². The number of esters is 1. The average molecular weight is 309 g/mol. The number of hydrazone groups is 1. The third-order valence-electron chi connectivity index (χ3n) is 3.73. The lowest BCUT2D eigenvalue weighted by Crippen LogP contribution is -2.22. The minimum Gasteiger partial charge on any atom is -0.464 e. The molecule has 6 heteroatoms. The molecule has 0 saturated carbocycles. The highest BCUT2D eigenvalue weighted by molar-refractivity contribution is 6.76. The molecule has 116 valence electrons. The van der Waals surface area contributed by atoms with Gasteiger partial charge in [-0.1, -0.05) is 19.6 Å². The van der Waals surface area contributed by atoms with Gasteiger partial charge < -0.3 is 9.47 Å². The second-order valence-corrected chi connectivity index (χ2v) is 12.3. The van der Waals surface area contributed by atoms with Crippen molar-refractivity contribution in [1.82, 2.24) is 0 Å². The largest absolute Gasteiger partial charge is 0.464 e. The van der Waals surface area contributed by atoms with Crippen molar-refractivity contribution < 1.29 is 19.0 Å². The maximum atomic E-state index is 11.8. The van der Waals surface area contributed by atoms with Crippen LogP contribution in [-0.4, -0.2) is 44.6 Å². The molecule has 0 saturated heterocycles. The summed E-state index contributed by atoms with van der Waals surface area (Å²) in [5.74, 6) is -0.359. The van der Waals surface area contributed by atoms with Crippen LogP contribution in [-0.2, 0) is 14.3 Å². The normalized spacial score (nSPS) is 20.4. The molecule has 0 atom stereocenters. The van der Waals surface area contributed by atoms with Crippen LogP contribution in [0.15, 0.2) is 16.4 Å². The number of hydrogen-bond donors (Lipinski definition) is 0. The zero-order valence-electron chi connectivity index (χ0n) is 13.4. The lowest BCUT2D eigenvalue weighted by molar-refractivity contribution is -0.485. The Morgan fingerprint density at radius 1 is 1.33 bits per heavy atom. The van der Waals surface area contributed by atoms with Gasteiger partial charge in [-0.25, -0.2) is 4.79 Å². The lowest BCUT2D eigenvalue weighted by atomic mass is 9.94. The summed E-state index contributed by atoms with van der Waals surface area (Å²) in [7, 11) is 0.302. The van der Waals surface area contributed by atoms with Crippen LogP contribution >= 0.6 is 0 Å². The second-order valence-electron chi connectivity index (χ2n) is 6.70. The molecule has 0 aromatic carbocycles. The van der Waals surface area contributed by atoms with Gasteiger partial charge in [-0.3, -0.25) is 0 Å². The average Bonchev–Trinajstić information content (AvgIpc) is 2.81. The van der Waals surface area contributed by atoms with E-state index in [1.807, 2.05) is 0 Å². The smallest absolute Gasteiger partial charge is 0.363 e. The van der Waals surface area contributed by atoms with E-state index in [1.54, 1.807) is 11.1 Å². The molecular formula is C15H25N2O3Si+. The molecular weight excluding hydrogens is 284 g/mol. The van der Waals surface area contributed by atoms with Gasteiger partial charge in [0.05, 0.1) is 19.3 Å². The molecule has 0 fully saturated rings. The van der Waals surface area contributed by atoms with E-state index < -0.39 is 8.07 Å². The number of ether oxygens (including phenoxy) is 2. The number of hydrogen-bond acceptors (Lipinski definition) is 4. The summed E-state index contributed by atoms with van der Waals surface area (Å²) < 4.78 is 12.2. The van der Waals surface area contributed by atoms with Crippen molar-refractivity contribution in [3.63, 3.8) is 0 Å². The van der Waals surface area contributed by atoms with Crippen LogP contribution in [0.25, 0.3) is 0 Å². The Hall–Kier alpha value is -1.43. The molecule has 0 unspecified atom stereocenters. The summed E-state index contributed by atoms with van der Waals surface area (Å²) in [5.41, 5.74) is 2.56. The number of methoxy groups -OCH3 is 1. The molecule has 0 aromatic rings. The SMILES string of the molecule is COC(=O)C1=N[N+](=COCC[Si](C)(C)C)C2=C1CCCC2. The highest BCUT2D eigenvalue weighted by Crippen LogP contribution is 2.31. The third-order valence-corrected chi connectivity index (χ3v) is 5.44. The molecule has 0 aromatic heterocycles. The first kappa shape index (κ1) is 15.9. The fourth-order valence-electron chi connectivity index (χ4n) is 2.46. The van der Waals surface area contributed by atoms with E-state index in [0.717, 1.165) is 43.0 Å². The number of nitrogens with zero attached hydrogens (tertiary/aromatic N) is 2. The summed E-state index contributed by atoms with van der Waals surface area (Å²) in [6, 6.07) is 1.11. The Bertz CT molecular complexity index is 516. The summed E-state index contributed by atoms with van der Waals surface area (Å²) in [5, 5.41) is 4.37. The van der Waals surface area contributed by atoms with Crippen LogP contribution in [0, 0.1) is 0 Å². The number of carbonyl (C=O) groups is 1. The Balaban J connectivity index is 2.10. The van der Waals surface area contributed by atoms with Crippen molar-refractivity contribution in [1.29, 1.82) is 0 Å². The summed E-state index contributed by atoms with van der Waals surface area (Å²) >= 11 is 0. The number of allylic oxidation sites excluding steroid dienone is 1. The molecule has 0 amide bonds. The van der Waals surface area contributed by atoms with Crippen LogP contribution in [0.3, 0.4) is 0 Å². The second kappa shape index (κ2) is 6.55. The van der Waals surface area contributed by atoms with Gasteiger partial charge in [-0.2, -0.15) is 0 Å². The summed E-state index contributed by atoms with van der Waals surface area (Å²) in [4.78, 5) is 11.8. The molecule has 2 aliphatic rings. The Kier molecular flexibility index (Phi) is 4.98. The first-order valence-electron chi connectivity index (χ1n) is 7.56. The van der Waals surface area contributed by atoms with Crippen LogP contribution in [0.1, 0.15) is 25.7 Å². The third kappa shape index (κ3) is 4.03. The maximum Gasteiger partial charge on any atom is 0.363 e. The molecule has 1 aliphatic carbocycles. The Morgan fingerprint density at radius 3 is 2.71 bits per heavy atom. The predicted octanol–water partition coefficient (Wildman–Crippen LogP) is 2.75. The molecule has 2 rings (SSSR count). The monoisotopic (exact) mass is 309 g/mol. The molecule has 1 aliphatic heterocycles. The highest BCUT2D eigenvalue weighted by Gasteiger charge is 2.38. The zero-order valence-corrected chi connectivity index (χ0v) is 14.4. The van der Waals surface area contributed by atoms with Gasteiger partial charge in [-0.05, 0) is 30.0 Å². The van der Waals surface area contributed by atoms with E-state index in [4.69, 9.17) is 9.47 Å². The van der Waals surface area contributed by atoms with Crippen molar-refractivity contribution in [2.24, 2.45) is 5.10 Å². The minimum atomic E-state index is -1.09. The minimum absolute atomic E-state index is 0.359. The Morgan fingerprint density at radius 2 is 2.05 bits per heavy atom. The van der Waals surface area contributed by atoms with Crippen molar-refractivity contribution in [3.05, 3.63) is 11.3 Å². The van der Waals surface area contributed by atoms with E-state index in [1.165, 1.54) is 7.11 Å². The van der Waals surface area contributed by atoms with Crippen LogP contribution in [0.5, 0.6) is 0 Å². The maximum absolute atomic E-state index is 11.8. The first-order valence-corrected chi connectivity index (χ1v) is 11.3. The zero-order chi connectivity index (χ0) is 15.5. The first-order chi connectivity index (χ1) is 9.92. The molecule has 0 spiro atoms. The van der Waals surface area contributed by atoms with Gasteiger partial charge in [-0.15, -0.1) is 0 Å². The van der Waals surface area contributed by atoms with E-state index >= 15 is 0 Å². The van der Waals surface area contributed by atoms with Gasteiger partial charge in [0, 0.05) is 19.6 Å². The molecule has 0 radical (unpaired) electrons. The van der Waals surface area contributed by atoms with Crippen molar-refractivity contribution >= 4 is 26.2 Å². The van der Waals surface area contributed by atoms with E-state index in [9.17, 15) is 4.79 Å². The molecule has 0 bridgehead atoms. The fraction of sp³-hybridized carbons (Fsp3) is 0.667. The molecule has 5 nitrogen and oxygen atoms in total. The van der Waals surface area contributed by atoms with Crippen molar-refractivity contribution in [3.8, 4) is 0 Å². The van der Waals surface area contributed by atoms with E-state index in [2.05, 4.69) is 24.7 Å². The van der Waals surface area contributed by atoms with E-state index in [0.29, 0.717) is 12.3 Å². The van der Waals surface area contributed by atoms with Crippen LogP contribution < -0.4 is 0 Å². The lowest BCUT2D eigenvalue weighted by Gasteiger charge is -2.13. The summed E-state index contributed by atoms with van der Waals surface area (Å²) in [6.45, 7) is 7.67. The topological polar surface area (TPSA) is 50.9 Å². The van der Waals surface area contributed by atoms with Gasteiger partial charge in [0.25, 0.3) is 0 Å². The van der Waals surface area contributed by atoms with Gasteiger partial charge in [0.15, 0.2) is 0 Å². The number of rotatable bonds is 5. The highest BCUT2D eigenvalue weighted by atomic mass is 28.3. The van der Waals surface area contributed by atoms with Gasteiger partial charge in [0.2, 0.25) is 11.4 Å². The van der Waals surface area contributed by atoms with Gasteiger partial charge >= 0.3 is 12.4 Å². The number of carbonyl (C=O) groups excluding carboxylic acids is 1. The van der Waals surface area contributed by atoms with Crippen LogP contribution in [0.4, 0.5) is 0 Å². The van der Waals surface area contributed by atoms with Crippen LogP contribution in [0.2, 0.25) is 25.7 Å². The predicted molar refractivity (Wildman–Crippen MR) is 85.4 cm³/mol.